The zero-order chi connectivity index (χ0) is 11.9. The molecular weight excluding hydrogens is 234 g/mol. The normalized spacial score (nSPS) is 33.3. The van der Waals surface area contributed by atoms with Crippen LogP contribution >= 0.6 is 11.3 Å². The van der Waals surface area contributed by atoms with Crippen molar-refractivity contribution in [3.8, 4) is 0 Å². The van der Waals surface area contributed by atoms with E-state index >= 15 is 0 Å². The molecule has 0 unspecified atom stereocenters. The predicted molar refractivity (Wildman–Crippen MR) is 67.8 cm³/mol. The third-order valence-corrected chi connectivity index (χ3v) is 5.15. The fourth-order valence-corrected chi connectivity index (χ4v) is 3.66. The summed E-state index contributed by atoms with van der Waals surface area (Å²) in [4.78, 5) is 7.56. The number of likely N-dealkylation sites (tertiary alicyclic amines) is 1. The van der Waals surface area contributed by atoms with E-state index in [1.807, 2.05) is 0 Å². The van der Waals surface area contributed by atoms with Crippen molar-refractivity contribution < 1.29 is 5.11 Å². The molecule has 17 heavy (non-hydrogen) atoms. The van der Waals surface area contributed by atoms with E-state index in [1.165, 1.54) is 0 Å². The van der Waals surface area contributed by atoms with Crippen molar-refractivity contribution in [1.29, 1.82) is 0 Å². The summed E-state index contributed by atoms with van der Waals surface area (Å²) in [6.07, 6.45) is 5.69. The van der Waals surface area contributed by atoms with E-state index in [0.29, 0.717) is 12.1 Å². The molecule has 4 nitrogen and oxygen atoms in total. The van der Waals surface area contributed by atoms with Crippen LogP contribution in [-0.4, -0.2) is 40.2 Å². The Bertz CT molecular complexity index is 367. The lowest BCUT2D eigenvalue weighted by Crippen LogP contribution is -2.54. The van der Waals surface area contributed by atoms with E-state index < -0.39 is 5.60 Å². The molecule has 1 aliphatic carbocycles. The van der Waals surface area contributed by atoms with Gasteiger partial charge in [0.2, 0.25) is 0 Å². The third kappa shape index (κ3) is 2.12. The second-order valence-corrected chi connectivity index (χ2v) is 6.20. The van der Waals surface area contributed by atoms with Gasteiger partial charge in [-0.2, -0.15) is 0 Å². The number of piperidine rings is 1. The van der Waals surface area contributed by atoms with Crippen LogP contribution in [0.3, 0.4) is 0 Å². The van der Waals surface area contributed by atoms with Gasteiger partial charge in [-0.05, 0) is 25.7 Å². The standard InChI is InChI=1S/C12H19N3OS/c13-9-5-10(6-9)15-3-1-12(16,2-4-15)11-7-14-8-17-11/h7-10,16H,1-6,13H2. The molecule has 94 valence electrons. The lowest BCUT2D eigenvalue weighted by Gasteiger charge is -2.46. The molecule has 5 heteroatoms. The predicted octanol–water partition coefficient (Wildman–Crippen LogP) is 0.916. The summed E-state index contributed by atoms with van der Waals surface area (Å²) in [6, 6.07) is 1.07. The van der Waals surface area contributed by atoms with E-state index in [-0.39, 0.29) is 0 Å². The monoisotopic (exact) mass is 253 g/mol. The van der Waals surface area contributed by atoms with Gasteiger partial charge in [0.25, 0.3) is 0 Å². The lowest BCUT2D eigenvalue weighted by molar-refractivity contribution is -0.0440. The summed E-state index contributed by atoms with van der Waals surface area (Å²) >= 11 is 1.56. The molecule has 0 radical (unpaired) electrons. The highest BCUT2D eigenvalue weighted by Crippen LogP contribution is 2.37. The summed E-state index contributed by atoms with van der Waals surface area (Å²) in [6.45, 7) is 1.96. The van der Waals surface area contributed by atoms with E-state index in [4.69, 9.17) is 5.73 Å². The molecular formula is C12H19N3OS. The van der Waals surface area contributed by atoms with Crippen LogP contribution in [-0.2, 0) is 5.60 Å². The highest BCUT2D eigenvalue weighted by molar-refractivity contribution is 7.09. The summed E-state index contributed by atoms with van der Waals surface area (Å²) in [5.41, 5.74) is 6.98. The van der Waals surface area contributed by atoms with Crippen LogP contribution in [0.1, 0.15) is 30.6 Å². The van der Waals surface area contributed by atoms with Gasteiger partial charge in [-0.25, -0.2) is 0 Å². The van der Waals surface area contributed by atoms with Gasteiger partial charge in [0, 0.05) is 31.4 Å². The highest BCUT2D eigenvalue weighted by atomic mass is 32.1. The van der Waals surface area contributed by atoms with Gasteiger partial charge in [0.15, 0.2) is 0 Å². The quantitative estimate of drug-likeness (QED) is 0.822. The van der Waals surface area contributed by atoms with Crippen molar-refractivity contribution in [2.24, 2.45) is 5.73 Å². The van der Waals surface area contributed by atoms with Crippen LogP contribution in [0.15, 0.2) is 11.7 Å². The molecule has 3 rings (SSSR count). The highest BCUT2D eigenvalue weighted by Gasteiger charge is 2.39. The fourth-order valence-electron chi connectivity index (χ4n) is 2.88. The first-order valence-electron chi connectivity index (χ1n) is 6.28. The van der Waals surface area contributed by atoms with Crippen molar-refractivity contribution in [1.82, 2.24) is 9.88 Å². The minimum Gasteiger partial charge on any atom is -0.384 e. The van der Waals surface area contributed by atoms with E-state index in [1.54, 1.807) is 23.0 Å². The van der Waals surface area contributed by atoms with Gasteiger partial charge in [-0.3, -0.25) is 4.98 Å². The molecule has 1 saturated carbocycles. The third-order valence-electron chi connectivity index (χ3n) is 4.18. The number of nitrogens with zero attached hydrogens (tertiary/aromatic N) is 2. The zero-order valence-corrected chi connectivity index (χ0v) is 10.7. The van der Waals surface area contributed by atoms with Crippen LogP contribution in [0.5, 0.6) is 0 Å². The minimum atomic E-state index is -0.635. The van der Waals surface area contributed by atoms with Gasteiger partial charge in [0.05, 0.1) is 10.4 Å². The Morgan fingerprint density at radius 3 is 2.65 bits per heavy atom. The SMILES string of the molecule is NC1CC(N2CCC(O)(c3cncs3)CC2)C1. The Kier molecular flexibility index (Phi) is 2.94. The first-order valence-corrected chi connectivity index (χ1v) is 7.16. The second-order valence-electron chi connectivity index (χ2n) is 5.32. The summed E-state index contributed by atoms with van der Waals surface area (Å²) in [7, 11) is 0. The fraction of sp³-hybridized carbons (Fsp3) is 0.750. The number of rotatable bonds is 2. The molecule has 0 aromatic carbocycles. The maximum absolute atomic E-state index is 10.6. The molecule has 0 amide bonds. The number of nitrogens with two attached hydrogens (primary N) is 1. The zero-order valence-electron chi connectivity index (χ0n) is 9.88. The summed E-state index contributed by atoms with van der Waals surface area (Å²) in [5, 5.41) is 10.6. The van der Waals surface area contributed by atoms with E-state index in [2.05, 4.69) is 9.88 Å². The lowest BCUT2D eigenvalue weighted by atomic mass is 9.83. The first-order chi connectivity index (χ1) is 8.17. The molecule has 1 saturated heterocycles. The molecule has 1 aliphatic heterocycles. The Morgan fingerprint density at radius 2 is 2.12 bits per heavy atom. The minimum absolute atomic E-state index is 0.405. The molecule has 3 N–H and O–H groups in total. The van der Waals surface area contributed by atoms with Crippen molar-refractivity contribution in [3.63, 3.8) is 0 Å². The molecule has 0 atom stereocenters. The molecule has 0 bridgehead atoms. The van der Waals surface area contributed by atoms with Crippen molar-refractivity contribution in [2.45, 2.75) is 43.4 Å². The van der Waals surface area contributed by atoms with Gasteiger partial charge >= 0.3 is 0 Å². The van der Waals surface area contributed by atoms with Crippen LogP contribution in [0.4, 0.5) is 0 Å². The molecule has 2 aliphatic rings. The molecule has 2 fully saturated rings. The largest absolute Gasteiger partial charge is 0.384 e. The van der Waals surface area contributed by atoms with E-state index in [9.17, 15) is 5.11 Å². The maximum atomic E-state index is 10.6. The van der Waals surface area contributed by atoms with Gasteiger partial charge in [-0.1, -0.05) is 0 Å². The molecule has 2 heterocycles. The molecule has 1 aromatic heterocycles. The Hall–Kier alpha value is -0.490. The van der Waals surface area contributed by atoms with Crippen molar-refractivity contribution >= 4 is 11.3 Å². The second kappa shape index (κ2) is 4.31. The summed E-state index contributed by atoms with van der Waals surface area (Å²) in [5.74, 6) is 0. The molecule has 0 spiro atoms. The number of hydrogen-bond acceptors (Lipinski definition) is 5. The molecule has 1 aromatic rings. The Balaban J connectivity index is 1.60. The van der Waals surface area contributed by atoms with Crippen molar-refractivity contribution in [3.05, 3.63) is 16.6 Å². The van der Waals surface area contributed by atoms with Crippen LogP contribution in [0, 0.1) is 0 Å². The Labute approximate surface area is 105 Å². The summed E-state index contributed by atoms with van der Waals surface area (Å²) < 4.78 is 0. The van der Waals surface area contributed by atoms with Crippen LogP contribution in [0.25, 0.3) is 0 Å². The maximum Gasteiger partial charge on any atom is 0.103 e. The smallest absolute Gasteiger partial charge is 0.103 e. The van der Waals surface area contributed by atoms with Crippen molar-refractivity contribution in [2.75, 3.05) is 13.1 Å². The average Bonchev–Trinajstić information content (AvgIpc) is 2.80. The number of hydrogen-bond donors (Lipinski definition) is 2. The van der Waals surface area contributed by atoms with Gasteiger partial charge < -0.3 is 15.7 Å². The Morgan fingerprint density at radius 1 is 1.41 bits per heavy atom. The topological polar surface area (TPSA) is 62.4 Å². The average molecular weight is 253 g/mol. The van der Waals surface area contributed by atoms with Crippen LogP contribution in [0.2, 0.25) is 0 Å². The van der Waals surface area contributed by atoms with E-state index in [0.717, 1.165) is 43.6 Å². The van der Waals surface area contributed by atoms with Crippen LogP contribution < -0.4 is 5.73 Å². The number of aromatic nitrogens is 1. The van der Waals surface area contributed by atoms with Gasteiger partial charge in [-0.15, -0.1) is 11.3 Å². The van der Waals surface area contributed by atoms with Gasteiger partial charge in [0.1, 0.15) is 5.60 Å². The number of thiazole rings is 1. The first kappa shape index (κ1) is 11.6. The number of aliphatic hydroxyl groups is 1.